The average molecular weight is 770 g/mol. The number of imide groups is 1. The van der Waals surface area contributed by atoms with Crippen LogP contribution < -0.4 is 25.2 Å². The van der Waals surface area contributed by atoms with E-state index in [2.05, 4.69) is 44.2 Å². The molecule has 1 unspecified atom stereocenters. The Morgan fingerprint density at radius 2 is 1.72 bits per heavy atom. The molecule has 9 rings (SSSR count). The van der Waals surface area contributed by atoms with Crippen molar-refractivity contribution in [2.75, 3.05) is 51.3 Å². The summed E-state index contributed by atoms with van der Waals surface area (Å²) >= 11 is 0. The van der Waals surface area contributed by atoms with E-state index in [0.717, 1.165) is 92.0 Å². The zero-order chi connectivity index (χ0) is 39.4. The number of rotatable bonds is 11. The summed E-state index contributed by atoms with van der Waals surface area (Å²) in [6, 6.07) is 12.1. The summed E-state index contributed by atoms with van der Waals surface area (Å²) in [5, 5.41) is 3.71. The maximum Gasteiger partial charge on any atom is 0.264 e. The topological polar surface area (TPSA) is 130 Å². The molecule has 0 saturated carbocycles. The molecular weight excluding hydrogens is 723 g/mol. The van der Waals surface area contributed by atoms with Gasteiger partial charge >= 0.3 is 0 Å². The van der Waals surface area contributed by atoms with Crippen molar-refractivity contribution < 1.29 is 23.9 Å². The zero-order valence-corrected chi connectivity index (χ0v) is 32.2. The van der Waals surface area contributed by atoms with Gasteiger partial charge in [0.25, 0.3) is 11.5 Å². The first kappa shape index (κ1) is 36.8. The quantitative estimate of drug-likeness (QED) is 0.169. The van der Waals surface area contributed by atoms with E-state index >= 15 is 0 Å². The minimum absolute atomic E-state index is 0.123. The molecule has 4 aromatic rings. The number of pyridine rings is 2. The Balaban J connectivity index is 0.864. The molecule has 2 aromatic heterocycles. The Morgan fingerprint density at radius 1 is 0.930 bits per heavy atom. The van der Waals surface area contributed by atoms with E-state index in [1.54, 1.807) is 18.2 Å². The maximum atomic E-state index is 13.4. The van der Waals surface area contributed by atoms with E-state index < -0.39 is 6.04 Å². The molecule has 0 bridgehead atoms. The predicted octanol–water partition coefficient (Wildman–Crippen LogP) is 4.73. The number of fused-ring (bicyclic) bond motifs is 2. The molecule has 7 heterocycles. The lowest BCUT2D eigenvalue weighted by Crippen LogP contribution is -2.60. The van der Waals surface area contributed by atoms with Crippen molar-refractivity contribution in [1.82, 2.24) is 29.6 Å². The standard InChI is InChI=1S/C44H47N7O6/c1-4-48-26-35(33-20-40(50-13-6-14-50)45-21-34(33)43(48)54)30-18-38(56-3)36(39(19-30)57-5-2)25-47-23-31(24-47)49-15-11-27(12-16-49)28-7-8-29-22-51(44(55)32(29)17-28)37-9-10-41(52)46-42(37)53/h4-5,7-8,17-21,26-27,31,37H,1-2,6,9-16,22-25H2,3H3,(H,46,52,53). The molecule has 0 aliphatic carbocycles. The molecule has 57 heavy (non-hydrogen) atoms. The first-order valence-electron chi connectivity index (χ1n) is 19.9. The van der Waals surface area contributed by atoms with Crippen LogP contribution in [0.4, 0.5) is 5.82 Å². The smallest absolute Gasteiger partial charge is 0.264 e. The number of carbonyl (C=O) groups is 3. The Hall–Kier alpha value is -5.79. The summed E-state index contributed by atoms with van der Waals surface area (Å²) in [6.07, 6.45) is 10.2. The molecule has 4 fully saturated rings. The fraction of sp³-hybridized carbons (Fsp3) is 0.386. The number of anilines is 1. The van der Waals surface area contributed by atoms with E-state index in [4.69, 9.17) is 9.47 Å². The van der Waals surface area contributed by atoms with Gasteiger partial charge in [-0.25, -0.2) is 4.98 Å². The number of nitrogens with one attached hydrogen (secondary N) is 1. The zero-order valence-electron chi connectivity index (χ0n) is 32.2. The fourth-order valence-electron chi connectivity index (χ4n) is 9.19. The van der Waals surface area contributed by atoms with Crippen LogP contribution in [0.5, 0.6) is 11.5 Å². The molecule has 2 aromatic carbocycles. The van der Waals surface area contributed by atoms with Crippen molar-refractivity contribution in [3.8, 4) is 22.6 Å². The van der Waals surface area contributed by atoms with Gasteiger partial charge in [0.05, 0.1) is 24.3 Å². The van der Waals surface area contributed by atoms with Crippen molar-refractivity contribution in [1.29, 1.82) is 0 Å². The second-order valence-corrected chi connectivity index (χ2v) is 15.8. The van der Waals surface area contributed by atoms with Crippen LogP contribution in [0.15, 0.2) is 73.0 Å². The van der Waals surface area contributed by atoms with Crippen molar-refractivity contribution in [2.45, 2.75) is 63.2 Å². The lowest BCUT2D eigenvalue weighted by atomic mass is 9.87. The average Bonchev–Trinajstić information content (AvgIpc) is 3.50. The minimum atomic E-state index is -0.603. The third kappa shape index (κ3) is 6.68. The highest BCUT2D eigenvalue weighted by atomic mass is 16.5. The van der Waals surface area contributed by atoms with Gasteiger partial charge in [0.2, 0.25) is 11.8 Å². The lowest BCUT2D eigenvalue weighted by Gasteiger charge is -2.48. The molecule has 0 spiro atoms. The first-order chi connectivity index (χ1) is 27.7. The Labute approximate surface area is 331 Å². The Morgan fingerprint density at radius 3 is 2.42 bits per heavy atom. The fourth-order valence-corrected chi connectivity index (χ4v) is 9.19. The number of benzene rings is 2. The number of piperidine rings is 2. The number of hydrogen-bond donors (Lipinski definition) is 1. The van der Waals surface area contributed by atoms with Crippen LogP contribution >= 0.6 is 0 Å². The van der Waals surface area contributed by atoms with E-state index in [1.165, 1.54) is 22.6 Å². The van der Waals surface area contributed by atoms with Gasteiger partial charge in [-0.05, 0) is 85.6 Å². The molecule has 13 heteroatoms. The van der Waals surface area contributed by atoms with Crippen molar-refractivity contribution in [3.63, 3.8) is 0 Å². The summed E-state index contributed by atoms with van der Waals surface area (Å²) < 4.78 is 13.6. The molecule has 1 N–H and O–H groups in total. The van der Waals surface area contributed by atoms with Crippen molar-refractivity contribution in [2.24, 2.45) is 0 Å². The molecule has 3 amide bonds. The molecule has 13 nitrogen and oxygen atoms in total. The highest BCUT2D eigenvalue weighted by Crippen LogP contribution is 2.40. The van der Waals surface area contributed by atoms with Crippen LogP contribution in [0.25, 0.3) is 28.1 Å². The van der Waals surface area contributed by atoms with Gasteiger partial charge in [-0.1, -0.05) is 25.3 Å². The van der Waals surface area contributed by atoms with Gasteiger partial charge < -0.3 is 19.3 Å². The van der Waals surface area contributed by atoms with Crippen LogP contribution in [0.2, 0.25) is 0 Å². The number of carbonyl (C=O) groups excluding carboxylic acids is 3. The number of likely N-dealkylation sites (tertiary alicyclic amines) is 2. The van der Waals surface area contributed by atoms with E-state index in [9.17, 15) is 19.2 Å². The molecule has 294 valence electrons. The highest BCUT2D eigenvalue weighted by Gasteiger charge is 2.40. The third-order valence-electron chi connectivity index (χ3n) is 12.6. The van der Waals surface area contributed by atoms with E-state index in [-0.39, 0.29) is 29.7 Å². The summed E-state index contributed by atoms with van der Waals surface area (Å²) in [5.41, 5.74) is 5.25. The molecule has 0 radical (unpaired) electrons. The maximum absolute atomic E-state index is 13.4. The lowest BCUT2D eigenvalue weighted by molar-refractivity contribution is -0.136. The second-order valence-electron chi connectivity index (χ2n) is 15.8. The van der Waals surface area contributed by atoms with Crippen LogP contribution in [0, 0.1) is 0 Å². The SMILES string of the molecule is C=COc1cc(-c2cn(C=C)c(=O)c3cnc(N4CCC4)cc23)cc(OC)c1CN1CC(N2CCC(c3ccc4c(c3)C(=O)N(C3CCC(=O)NC3=O)C4)CC2)C1. The van der Waals surface area contributed by atoms with Gasteiger partial charge in [-0.15, -0.1) is 0 Å². The molecule has 1 atom stereocenters. The summed E-state index contributed by atoms with van der Waals surface area (Å²) in [7, 11) is 1.67. The second kappa shape index (κ2) is 14.9. The summed E-state index contributed by atoms with van der Waals surface area (Å²) in [4.78, 5) is 64.3. The van der Waals surface area contributed by atoms with Crippen molar-refractivity contribution >= 4 is 40.5 Å². The van der Waals surface area contributed by atoms with Crippen LogP contribution in [0.3, 0.4) is 0 Å². The van der Waals surface area contributed by atoms with Gasteiger partial charge in [0.1, 0.15) is 23.4 Å². The van der Waals surface area contributed by atoms with Gasteiger partial charge in [0, 0.05) is 86.8 Å². The minimum Gasteiger partial charge on any atom is -0.496 e. The largest absolute Gasteiger partial charge is 0.496 e. The molecule has 5 aliphatic rings. The first-order valence-corrected chi connectivity index (χ1v) is 19.9. The van der Waals surface area contributed by atoms with Crippen LogP contribution in [-0.2, 0) is 22.7 Å². The molecular formula is C44H47N7O6. The normalized spacial score (nSPS) is 20.6. The summed E-state index contributed by atoms with van der Waals surface area (Å²) in [6.45, 7) is 14.5. The Bertz CT molecular complexity index is 2370. The van der Waals surface area contributed by atoms with Crippen LogP contribution in [0.1, 0.15) is 65.1 Å². The van der Waals surface area contributed by atoms with Gasteiger partial charge in [-0.2, -0.15) is 0 Å². The van der Waals surface area contributed by atoms with Crippen LogP contribution in [-0.4, -0.2) is 100 Å². The third-order valence-corrected chi connectivity index (χ3v) is 12.6. The number of ether oxygens (including phenoxy) is 2. The molecule has 4 saturated heterocycles. The summed E-state index contributed by atoms with van der Waals surface area (Å²) in [5.74, 6) is 1.78. The number of methoxy groups -OCH3 is 1. The highest BCUT2D eigenvalue weighted by molar-refractivity contribution is 6.05. The number of nitrogens with zero attached hydrogens (tertiary/aromatic N) is 6. The number of amides is 3. The predicted molar refractivity (Wildman–Crippen MR) is 217 cm³/mol. The number of hydrogen-bond acceptors (Lipinski definition) is 10. The van der Waals surface area contributed by atoms with Crippen molar-refractivity contribution in [3.05, 3.63) is 101 Å². The monoisotopic (exact) mass is 769 g/mol. The molecule has 5 aliphatic heterocycles. The van der Waals surface area contributed by atoms with E-state index in [0.29, 0.717) is 53.9 Å². The van der Waals surface area contributed by atoms with E-state index in [1.807, 2.05) is 36.5 Å². The van der Waals surface area contributed by atoms with Gasteiger partial charge in [-0.3, -0.25) is 38.9 Å². The van der Waals surface area contributed by atoms with Gasteiger partial charge in [0.15, 0.2) is 0 Å². The Kier molecular flexibility index (Phi) is 9.65. The number of aromatic nitrogens is 2.